The third-order valence-corrected chi connectivity index (χ3v) is 4.93. The maximum Gasteiger partial charge on any atom is 0.290 e. The second-order valence-corrected chi connectivity index (χ2v) is 6.14. The molecule has 4 heteroatoms. The largest absolute Gasteiger partial charge is 0.451 e. The number of para-hydroxylation sites is 1. The van der Waals surface area contributed by atoms with Crippen LogP contribution < -0.4 is 5.32 Å². The van der Waals surface area contributed by atoms with Gasteiger partial charge in [0.25, 0.3) is 5.91 Å². The van der Waals surface area contributed by atoms with Crippen molar-refractivity contribution >= 4 is 16.9 Å². The first-order chi connectivity index (χ1) is 10.3. The van der Waals surface area contributed by atoms with Gasteiger partial charge in [0.1, 0.15) is 5.58 Å². The van der Waals surface area contributed by atoms with E-state index in [0.717, 1.165) is 48.9 Å². The Morgan fingerprint density at radius 3 is 2.90 bits per heavy atom. The van der Waals surface area contributed by atoms with Crippen molar-refractivity contribution in [2.75, 3.05) is 13.1 Å². The van der Waals surface area contributed by atoms with Crippen LogP contribution >= 0.6 is 0 Å². The molecule has 1 aromatic carbocycles. The minimum absolute atomic E-state index is 0.0694. The van der Waals surface area contributed by atoms with Crippen molar-refractivity contribution in [3.05, 3.63) is 35.6 Å². The Bertz CT molecular complexity index is 677. The molecule has 21 heavy (non-hydrogen) atoms. The number of amides is 1. The van der Waals surface area contributed by atoms with Crippen LogP contribution in [0.1, 0.15) is 35.4 Å². The van der Waals surface area contributed by atoms with Crippen LogP contribution in [0.3, 0.4) is 0 Å². The molecule has 0 saturated carbocycles. The molecule has 1 amide bonds. The van der Waals surface area contributed by atoms with E-state index < -0.39 is 0 Å². The van der Waals surface area contributed by atoms with Crippen LogP contribution in [0.25, 0.3) is 11.0 Å². The summed E-state index contributed by atoms with van der Waals surface area (Å²) in [5.41, 5.74) is 1.77. The average Bonchev–Trinajstić information content (AvgIpc) is 2.95. The summed E-state index contributed by atoms with van der Waals surface area (Å²) in [4.78, 5) is 15.1. The van der Waals surface area contributed by atoms with E-state index in [1.165, 1.54) is 0 Å². The number of hydrogen-bond acceptors (Lipinski definition) is 3. The number of benzene rings is 1. The number of carbonyl (C=O) groups excluding carboxylic acids is 1. The average molecular weight is 284 g/mol. The Kier molecular flexibility index (Phi) is 3.00. The molecule has 3 heterocycles. The molecule has 1 N–H and O–H groups in total. The predicted molar refractivity (Wildman–Crippen MR) is 81.4 cm³/mol. The first-order valence-corrected chi connectivity index (χ1v) is 7.77. The Morgan fingerprint density at radius 2 is 2.05 bits per heavy atom. The number of furan rings is 1. The molecule has 2 bridgehead atoms. The van der Waals surface area contributed by atoms with Crippen molar-refractivity contribution in [3.63, 3.8) is 0 Å². The van der Waals surface area contributed by atoms with Gasteiger partial charge in [-0.2, -0.15) is 0 Å². The fourth-order valence-corrected chi connectivity index (χ4v) is 3.81. The smallest absolute Gasteiger partial charge is 0.290 e. The molecule has 2 atom stereocenters. The number of fused-ring (bicyclic) bond motifs is 3. The molecule has 4 rings (SSSR count). The molecule has 2 aromatic rings. The zero-order valence-corrected chi connectivity index (χ0v) is 12.3. The maximum atomic E-state index is 13.0. The SMILES string of the molecule is Cc1c(C(=O)N2C3CCNCC2CC3)oc2ccccc12. The highest BCUT2D eigenvalue weighted by molar-refractivity contribution is 5.99. The van der Waals surface area contributed by atoms with Gasteiger partial charge in [0.2, 0.25) is 0 Å². The van der Waals surface area contributed by atoms with Crippen molar-refractivity contribution in [2.24, 2.45) is 0 Å². The summed E-state index contributed by atoms with van der Waals surface area (Å²) < 4.78 is 5.87. The molecule has 0 radical (unpaired) electrons. The number of carbonyl (C=O) groups is 1. The van der Waals surface area contributed by atoms with E-state index in [0.29, 0.717) is 17.8 Å². The van der Waals surface area contributed by atoms with Crippen molar-refractivity contribution in [1.82, 2.24) is 10.2 Å². The van der Waals surface area contributed by atoms with E-state index in [1.807, 2.05) is 31.2 Å². The summed E-state index contributed by atoms with van der Waals surface area (Å²) in [7, 11) is 0. The van der Waals surface area contributed by atoms with Crippen molar-refractivity contribution in [1.29, 1.82) is 0 Å². The molecule has 110 valence electrons. The van der Waals surface area contributed by atoms with E-state index in [2.05, 4.69) is 10.2 Å². The lowest BCUT2D eigenvalue weighted by atomic mass is 10.1. The van der Waals surface area contributed by atoms with Crippen LogP contribution in [0, 0.1) is 6.92 Å². The zero-order chi connectivity index (χ0) is 14.4. The van der Waals surface area contributed by atoms with Gasteiger partial charge in [0, 0.05) is 29.6 Å². The van der Waals surface area contributed by atoms with Gasteiger partial charge < -0.3 is 14.6 Å². The number of nitrogens with one attached hydrogen (secondary N) is 1. The van der Waals surface area contributed by atoms with E-state index in [9.17, 15) is 4.79 Å². The summed E-state index contributed by atoms with van der Waals surface area (Å²) in [6.07, 6.45) is 3.27. The normalized spacial score (nSPS) is 25.3. The molecule has 2 fully saturated rings. The summed E-state index contributed by atoms with van der Waals surface area (Å²) in [5.74, 6) is 0.593. The van der Waals surface area contributed by atoms with Crippen molar-refractivity contribution < 1.29 is 9.21 Å². The van der Waals surface area contributed by atoms with Gasteiger partial charge in [-0.05, 0) is 38.8 Å². The first-order valence-electron chi connectivity index (χ1n) is 7.77. The number of aryl methyl sites for hydroxylation is 1. The van der Waals surface area contributed by atoms with Crippen LogP contribution in [0.15, 0.2) is 28.7 Å². The van der Waals surface area contributed by atoms with E-state index in [1.54, 1.807) is 0 Å². The van der Waals surface area contributed by atoms with Crippen LogP contribution in [0.4, 0.5) is 0 Å². The van der Waals surface area contributed by atoms with Gasteiger partial charge >= 0.3 is 0 Å². The number of nitrogens with zero attached hydrogens (tertiary/aromatic N) is 1. The van der Waals surface area contributed by atoms with E-state index in [4.69, 9.17) is 4.42 Å². The van der Waals surface area contributed by atoms with Gasteiger partial charge in [0.05, 0.1) is 0 Å². The van der Waals surface area contributed by atoms with Crippen molar-refractivity contribution in [2.45, 2.75) is 38.3 Å². The number of rotatable bonds is 1. The third kappa shape index (κ3) is 1.97. The Labute approximate surface area is 124 Å². The molecule has 1 aromatic heterocycles. The second-order valence-electron chi connectivity index (χ2n) is 6.14. The molecular formula is C17H20N2O2. The van der Waals surface area contributed by atoms with Gasteiger partial charge in [-0.25, -0.2) is 0 Å². The zero-order valence-electron chi connectivity index (χ0n) is 12.3. The van der Waals surface area contributed by atoms with Gasteiger partial charge in [0.15, 0.2) is 5.76 Å². The van der Waals surface area contributed by atoms with Gasteiger partial charge in [-0.15, -0.1) is 0 Å². The Hall–Kier alpha value is -1.81. The summed E-state index contributed by atoms with van der Waals surface area (Å²) in [6.45, 7) is 3.89. The standard InChI is InChI=1S/C17H20N2O2/c1-11-14-4-2-3-5-15(14)21-16(11)17(20)19-12-6-7-13(19)10-18-9-8-12/h2-5,12-13,18H,6-10H2,1H3. The summed E-state index contributed by atoms with van der Waals surface area (Å²) in [5, 5.41) is 4.47. The molecular weight excluding hydrogens is 264 g/mol. The highest BCUT2D eigenvalue weighted by Gasteiger charge is 2.40. The fraction of sp³-hybridized carbons (Fsp3) is 0.471. The Morgan fingerprint density at radius 1 is 1.24 bits per heavy atom. The molecule has 2 saturated heterocycles. The molecule has 2 unspecified atom stereocenters. The lowest BCUT2D eigenvalue weighted by Gasteiger charge is -2.27. The van der Waals surface area contributed by atoms with Gasteiger partial charge in [-0.1, -0.05) is 18.2 Å². The molecule has 4 nitrogen and oxygen atoms in total. The second kappa shape index (κ2) is 4.88. The van der Waals surface area contributed by atoms with E-state index >= 15 is 0 Å². The minimum atomic E-state index is 0.0694. The fourth-order valence-electron chi connectivity index (χ4n) is 3.81. The predicted octanol–water partition coefficient (Wildman–Crippen LogP) is 2.71. The van der Waals surface area contributed by atoms with E-state index in [-0.39, 0.29) is 5.91 Å². The highest BCUT2D eigenvalue weighted by Crippen LogP contribution is 2.32. The lowest BCUT2D eigenvalue weighted by Crippen LogP contribution is -2.42. The maximum absolute atomic E-state index is 13.0. The molecule has 0 aliphatic carbocycles. The van der Waals surface area contributed by atoms with Crippen LogP contribution in [0.2, 0.25) is 0 Å². The summed E-state index contributed by atoms with van der Waals surface area (Å²) in [6, 6.07) is 8.56. The summed E-state index contributed by atoms with van der Waals surface area (Å²) >= 11 is 0. The molecule has 0 spiro atoms. The highest BCUT2D eigenvalue weighted by atomic mass is 16.3. The van der Waals surface area contributed by atoms with Gasteiger partial charge in [-0.3, -0.25) is 4.79 Å². The lowest BCUT2D eigenvalue weighted by molar-refractivity contribution is 0.0649. The minimum Gasteiger partial charge on any atom is -0.451 e. The monoisotopic (exact) mass is 284 g/mol. The topological polar surface area (TPSA) is 45.5 Å². The first kappa shape index (κ1) is 12.9. The van der Waals surface area contributed by atoms with Crippen LogP contribution in [-0.4, -0.2) is 36.0 Å². The molecule has 2 aliphatic heterocycles. The number of hydrogen-bond donors (Lipinski definition) is 1. The third-order valence-electron chi connectivity index (χ3n) is 4.93. The Balaban J connectivity index is 1.74. The van der Waals surface area contributed by atoms with Crippen LogP contribution in [0.5, 0.6) is 0 Å². The quantitative estimate of drug-likeness (QED) is 0.875. The van der Waals surface area contributed by atoms with Crippen molar-refractivity contribution in [3.8, 4) is 0 Å². The van der Waals surface area contributed by atoms with Crippen LogP contribution in [-0.2, 0) is 0 Å². The molecule has 2 aliphatic rings.